The molecule has 0 aromatic heterocycles. The molecule has 0 spiro atoms. The maximum Gasteiger partial charge on any atom is 0.0600 e. The first-order valence-electron chi connectivity index (χ1n) is 4.70. The van der Waals surface area contributed by atoms with Gasteiger partial charge in [-0.1, -0.05) is 0 Å². The van der Waals surface area contributed by atoms with Gasteiger partial charge in [0.15, 0.2) is 0 Å². The molecule has 1 saturated carbocycles. The standard InChI is InChI=1S/C9H16NO/c1-2-8(1)7-11-9-3-5-10-6-4-9/h8-9H,1-7H2. The van der Waals surface area contributed by atoms with E-state index in [1.165, 1.54) is 12.8 Å². The molecule has 2 nitrogen and oxygen atoms in total. The normalized spacial score (nSPS) is 27.3. The summed E-state index contributed by atoms with van der Waals surface area (Å²) in [6.07, 6.45) is 5.65. The number of nitrogens with zero attached hydrogens (tertiary/aromatic N) is 1. The second-order valence-electron chi connectivity index (χ2n) is 3.65. The highest BCUT2D eigenvalue weighted by molar-refractivity contribution is 4.74. The Morgan fingerprint density at radius 2 is 1.82 bits per heavy atom. The summed E-state index contributed by atoms with van der Waals surface area (Å²) in [6.45, 7) is 3.06. The molecule has 1 aliphatic heterocycles. The lowest BCUT2D eigenvalue weighted by molar-refractivity contribution is 0.0260. The van der Waals surface area contributed by atoms with Crippen molar-refractivity contribution in [3.8, 4) is 0 Å². The van der Waals surface area contributed by atoms with Crippen LogP contribution in [0.2, 0.25) is 0 Å². The van der Waals surface area contributed by atoms with E-state index in [9.17, 15) is 0 Å². The zero-order chi connectivity index (χ0) is 7.52. The molecule has 1 aliphatic carbocycles. The highest BCUT2D eigenvalue weighted by Gasteiger charge is 2.23. The Kier molecular flexibility index (Phi) is 2.44. The minimum absolute atomic E-state index is 0.535. The van der Waals surface area contributed by atoms with E-state index in [0.29, 0.717) is 6.10 Å². The van der Waals surface area contributed by atoms with Crippen molar-refractivity contribution in [3.05, 3.63) is 0 Å². The predicted molar refractivity (Wildman–Crippen MR) is 43.6 cm³/mol. The van der Waals surface area contributed by atoms with Gasteiger partial charge in [-0.05, 0) is 31.6 Å². The minimum Gasteiger partial charge on any atom is -0.378 e. The fraction of sp³-hybridized carbons (Fsp3) is 1.00. The summed E-state index contributed by atoms with van der Waals surface area (Å²) in [5.74, 6) is 0.911. The molecule has 1 saturated heterocycles. The van der Waals surface area contributed by atoms with E-state index in [4.69, 9.17) is 4.74 Å². The van der Waals surface area contributed by atoms with Crippen LogP contribution < -0.4 is 5.32 Å². The molecule has 63 valence electrons. The zero-order valence-corrected chi connectivity index (χ0v) is 6.96. The van der Waals surface area contributed by atoms with Crippen LogP contribution in [-0.2, 0) is 4.74 Å². The van der Waals surface area contributed by atoms with Crippen molar-refractivity contribution < 1.29 is 4.74 Å². The van der Waals surface area contributed by atoms with Crippen molar-refractivity contribution in [3.63, 3.8) is 0 Å². The first-order chi connectivity index (χ1) is 5.45. The van der Waals surface area contributed by atoms with Gasteiger partial charge in [0.2, 0.25) is 0 Å². The quantitative estimate of drug-likeness (QED) is 0.598. The van der Waals surface area contributed by atoms with E-state index >= 15 is 0 Å². The Morgan fingerprint density at radius 3 is 2.45 bits per heavy atom. The average molecular weight is 154 g/mol. The van der Waals surface area contributed by atoms with Crippen molar-refractivity contribution in [1.82, 2.24) is 5.32 Å². The summed E-state index contributed by atoms with van der Waals surface area (Å²) in [4.78, 5) is 0. The molecule has 0 unspecified atom stereocenters. The first kappa shape index (κ1) is 7.56. The Morgan fingerprint density at radius 1 is 1.09 bits per heavy atom. The largest absolute Gasteiger partial charge is 0.378 e. The molecule has 1 radical (unpaired) electrons. The molecular weight excluding hydrogens is 138 g/mol. The fourth-order valence-electron chi connectivity index (χ4n) is 1.45. The molecule has 2 aliphatic rings. The van der Waals surface area contributed by atoms with Crippen molar-refractivity contribution in [1.29, 1.82) is 0 Å². The van der Waals surface area contributed by atoms with E-state index in [-0.39, 0.29) is 0 Å². The summed E-state index contributed by atoms with van der Waals surface area (Å²) in [5, 5.41) is 4.29. The van der Waals surface area contributed by atoms with E-state index in [1.807, 2.05) is 0 Å². The van der Waals surface area contributed by atoms with Crippen LogP contribution in [0.15, 0.2) is 0 Å². The summed E-state index contributed by atoms with van der Waals surface area (Å²) < 4.78 is 5.75. The molecule has 2 rings (SSSR count). The fourth-order valence-corrected chi connectivity index (χ4v) is 1.45. The second-order valence-corrected chi connectivity index (χ2v) is 3.65. The lowest BCUT2D eigenvalue weighted by atomic mass is 10.1. The number of ether oxygens (including phenoxy) is 1. The summed E-state index contributed by atoms with van der Waals surface area (Å²) in [5.41, 5.74) is 0. The lowest BCUT2D eigenvalue weighted by Gasteiger charge is -2.21. The monoisotopic (exact) mass is 154 g/mol. The summed E-state index contributed by atoms with van der Waals surface area (Å²) in [6, 6.07) is 0. The average Bonchev–Trinajstić information content (AvgIpc) is 2.86. The van der Waals surface area contributed by atoms with Crippen LogP contribution in [-0.4, -0.2) is 25.8 Å². The van der Waals surface area contributed by atoms with Gasteiger partial charge in [-0.15, -0.1) is 0 Å². The minimum atomic E-state index is 0.535. The third-order valence-electron chi connectivity index (χ3n) is 2.48. The molecule has 0 N–H and O–H groups in total. The topological polar surface area (TPSA) is 23.3 Å². The molecule has 11 heavy (non-hydrogen) atoms. The van der Waals surface area contributed by atoms with Gasteiger partial charge in [-0.3, -0.25) is 0 Å². The van der Waals surface area contributed by atoms with Crippen LogP contribution >= 0.6 is 0 Å². The van der Waals surface area contributed by atoms with E-state index in [2.05, 4.69) is 5.32 Å². The third kappa shape index (κ3) is 2.46. The molecule has 2 fully saturated rings. The Balaban J connectivity index is 1.59. The zero-order valence-electron chi connectivity index (χ0n) is 6.96. The smallest absolute Gasteiger partial charge is 0.0600 e. The number of hydrogen-bond donors (Lipinski definition) is 0. The highest BCUT2D eigenvalue weighted by atomic mass is 16.5. The third-order valence-corrected chi connectivity index (χ3v) is 2.48. The highest BCUT2D eigenvalue weighted by Crippen LogP contribution is 2.29. The maximum atomic E-state index is 5.75. The Labute approximate surface area is 68.3 Å². The molecule has 2 heteroatoms. The molecule has 1 heterocycles. The van der Waals surface area contributed by atoms with E-state index in [1.54, 1.807) is 0 Å². The van der Waals surface area contributed by atoms with Crippen molar-refractivity contribution in [2.45, 2.75) is 31.8 Å². The van der Waals surface area contributed by atoms with Gasteiger partial charge >= 0.3 is 0 Å². The Hall–Kier alpha value is -0.0800. The van der Waals surface area contributed by atoms with Crippen LogP contribution in [0.4, 0.5) is 0 Å². The second kappa shape index (κ2) is 3.55. The van der Waals surface area contributed by atoms with E-state index in [0.717, 1.165) is 38.5 Å². The SMILES string of the molecule is C1CC(OCC2CC2)CC[N]1. The van der Waals surface area contributed by atoms with Gasteiger partial charge in [-0.2, -0.15) is 0 Å². The molecule has 0 aromatic rings. The van der Waals surface area contributed by atoms with Gasteiger partial charge in [0.25, 0.3) is 0 Å². The van der Waals surface area contributed by atoms with Gasteiger partial charge in [-0.25, -0.2) is 5.32 Å². The van der Waals surface area contributed by atoms with Crippen molar-refractivity contribution in [2.24, 2.45) is 5.92 Å². The van der Waals surface area contributed by atoms with Crippen LogP contribution in [0.5, 0.6) is 0 Å². The molecule has 0 atom stereocenters. The summed E-state index contributed by atoms with van der Waals surface area (Å²) in [7, 11) is 0. The number of hydrogen-bond acceptors (Lipinski definition) is 1. The van der Waals surface area contributed by atoms with Crippen LogP contribution in [0, 0.1) is 5.92 Å². The van der Waals surface area contributed by atoms with Crippen LogP contribution in [0.25, 0.3) is 0 Å². The first-order valence-corrected chi connectivity index (χ1v) is 4.70. The maximum absolute atomic E-state index is 5.75. The van der Waals surface area contributed by atoms with Crippen LogP contribution in [0.3, 0.4) is 0 Å². The lowest BCUT2D eigenvalue weighted by Crippen LogP contribution is -2.28. The van der Waals surface area contributed by atoms with Crippen LogP contribution in [0.1, 0.15) is 25.7 Å². The molecule has 0 aromatic carbocycles. The number of rotatable bonds is 3. The summed E-state index contributed by atoms with van der Waals surface area (Å²) >= 11 is 0. The van der Waals surface area contributed by atoms with Gasteiger partial charge in [0.1, 0.15) is 0 Å². The molecule has 0 bridgehead atoms. The van der Waals surface area contributed by atoms with Gasteiger partial charge < -0.3 is 4.74 Å². The van der Waals surface area contributed by atoms with Crippen molar-refractivity contribution in [2.75, 3.05) is 19.7 Å². The predicted octanol–water partition coefficient (Wildman–Crippen LogP) is 1.18. The molecular formula is C9H16NO. The molecule has 0 amide bonds. The number of piperidine rings is 1. The van der Waals surface area contributed by atoms with Gasteiger partial charge in [0, 0.05) is 19.7 Å². The van der Waals surface area contributed by atoms with Gasteiger partial charge in [0.05, 0.1) is 6.10 Å². The van der Waals surface area contributed by atoms with E-state index < -0.39 is 0 Å². The van der Waals surface area contributed by atoms with Crippen molar-refractivity contribution >= 4 is 0 Å². The Bertz CT molecular complexity index is 117.